The molecule has 0 bridgehead atoms. The van der Waals surface area contributed by atoms with Crippen molar-refractivity contribution in [3.63, 3.8) is 0 Å². The topological polar surface area (TPSA) is 91.5 Å². The summed E-state index contributed by atoms with van der Waals surface area (Å²) in [5.41, 5.74) is 10.3. The van der Waals surface area contributed by atoms with Crippen molar-refractivity contribution in [1.82, 2.24) is 4.90 Å². The zero-order valence-corrected chi connectivity index (χ0v) is 20.9. The molecule has 0 radical (unpaired) electrons. The van der Waals surface area contributed by atoms with E-state index in [4.69, 9.17) is 15.5 Å². The number of rotatable bonds is 5. The monoisotopic (exact) mass is 489 g/mol. The molecule has 1 saturated carbocycles. The van der Waals surface area contributed by atoms with Crippen LogP contribution in [0.25, 0.3) is 0 Å². The van der Waals surface area contributed by atoms with E-state index in [1.165, 1.54) is 11.3 Å². The van der Waals surface area contributed by atoms with E-state index in [2.05, 4.69) is 4.90 Å². The first kappa shape index (κ1) is 24.5. The highest BCUT2D eigenvalue weighted by Gasteiger charge is 2.38. The molecule has 5 rings (SSSR count). The minimum absolute atomic E-state index is 0.250. The second-order valence-electron chi connectivity index (χ2n) is 9.86. The quantitative estimate of drug-likeness (QED) is 0.692. The van der Waals surface area contributed by atoms with E-state index in [-0.39, 0.29) is 11.8 Å². The van der Waals surface area contributed by atoms with Gasteiger partial charge >= 0.3 is 6.03 Å². The molecule has 2 aliphatic heterocycles. The van der Waals surface area contributed by atoms with Crippen LogP contribution in [0.4, 0.5) is 16.2 Å². The van der Waals surface area contributed by atoms with Crippen molar-refractivity contribution in [1.29, 1.82) is 0 Å². The molecule has 3 amide bonds. The first-order valence-electron chi connectivity index (χ1n) is 13.0. The van der Waals surface area contributed by atoms with Gasteiger partial charge in [0, 0.05) is 38.2 Å². The van der Waals surface area contributed by atoms with Crippen LogP contribution in [-0.2, 0) is 16.1 Å². The van der Waals surface area contributed by atoms with Crippen LogP contribution in [0, 0.1) is 5.92 Å². The highest BCUT2D eigenvalue weighted by molar-refractivity contribution is 6.15. The van der Waals surface area contributed by atoms with E-state index >= 15 is 0 Å². The fourth-order valence-electron chi connectivity index (χ4n) is 5.65. The van der Waals surface area contributed by atoms with Crippen LogP contribution < -0.4 is 15.5 Å². The molecule has 1 atom stereocenters. The molecule has 190 valence electrons. The van der Waals surface area contributed by atoms with Gasteiger partial charge in [-0.3, -0.25) is 19.6 Å². The maximum absolute atomic E-state index is 13.9. The Labute approximate surface area is 212 Å². The van der Waals surface area contributed by atoms with Crippen molar-refractivity contribution >= 4 is 29.0 Å². The molecule has 0 unspecified atom stereocenters. The van der Waals surface area contributed by atoms with Gasteiger partial charge in [0.2, 0.25) is 6.17 Å². The number of fused-ring (bicyclic) bond motifs is 1. The summed E-state index contributed by atoms with van der Waals surface area (Å²) in [6.45, 7) is 3.63. The largest absolute Gasteiger partial charge is 0.379 e. The fourth-order valence-corrected chi connectivity index (χ4v) is 5.65. The van der Waals surface area contributed by atoms with Crippen molar-refractivity contribution in [2.75, 3.05) is 43.2 Å². The molecule has 2 heterocycles. The van der Waals surface area contributed by atoms with Gasteiger partial charge in [-0.2, -0.15) is 0 Å². The molecule has 1 saturated heterocycles. The molecule has 8 heteroatoms. The van der Waals surface area contributed by atoms with E-state index in [1.807, 2.05) is 48.5 Å². The number of anilines is 2. The Morgan fingerprint density at radius 2 is 1.75 bits per heavy atom. The van der Waals surface area contributed by atoms with E-state index < -0.39 is 12.2 Å². The molecule has 0 aromatic heterocycles. The Morgan fingerprint density at radius 3 is 2.50 bits per heavy atom. The lowest BCUT2D eigenvalue weighted by molar-refractivity contribution is -0.119. The normalized spacial score (nSPS) is 21.5. The first-order valence-corrected chi connectivity index (χ1v) is 13.0. The Balaban J connectivity index is 1.59. The number of carbonyl (C=O) groups is 2. The number of benzodiazepines with no additional fused rings is 1. The smallest absolute Gasteiger partial charge is 0.321 e. The van der Waals surface area contributed by atoms with E-state index in [0.717, 1.165) is 61.3 Å². The number of urea groups is 1. The molecule has 36 heavy (non-hydrogen) atoms. The molecular weight excluding hydrogens is 454 g/mol. The SMILES string of the molecule is CN1C(=O)[C@@H](N(C(N)=O)c2ccccc2CN2CCOCC2)N=C(C2CCCCC2)c2ccccc21. The minimum Gasteiger partial charge on any atom is -0.379 e. The molecule has 1 aliphatic carbocycles. The maximum Gasteiger partial charge on any atom is 0.321 e. The molecule has 3 aliphatic rings. The summed E-state index contributed by atoms with van der Waals surface area (Å²) in [5, 5.41) is 0. The number of nitrogens with zero attached hydrogens (tertiary/aromatic N) is 4. The van der Waals surface area contributed by atoms with Gasteiger partial charge in [0.15, 0.2) is 0 Å². The molecule has 2 fully saturated rings. The second kappa shape index (κ2) is 10.8. The molecule has 8 nitrogen and oxygen atoms in total. The predicted molar refractivity (Wildman–Crippen MR) is 141 cm³/mol. The van der Waals surface area contributed by atoms with Gasteiger partial charge in [0.1, 0.15) is 0 Å². The summed E-state index contributed by atoms with van der Waals surface area (Å²) in [4.78, 5) is 37.3. The number of carbonyl (C=O) groups excluding carboxylic acids is 2. The Hall–Kier alpha value is -3.23. The van der Waals surface area contributed by atoms with Crippen LogP contribution in [0.1, 0.15) is 43.2 Å². The van der Waals surface area contributed by atoms with Crippen molar-refractivity contribution in [2.24, 2.45) is 16.6 Å². The van der Waals surface area contributed by atoms with Crippen LogP contribution in [0.15, 0.2) is 53.5 Å². The average Bonchev–Trinajstić information content (AvgIpc) is 3.01. The van der Waals surface area contributed by atoms with Gasteiger partial charge in [-0.1, -0.05) is 55.7 Å². The number of hydrogen-bond acceptors (Lipinski definition) is 5. The summed E-state index contributed by atoms with van der Waals surface area (Å²) in [6.07, 6.45) is 4.49. The van der Waals surface area contributed by atoms with Gasteiger partial charge in [0.25, 0.3) is 5.91 Å². The summed E-state index contributed by atoms with van der Waals surface area (Å²) >= 11 is 0. The molecule has 2 N–H and O–H groups in total. The third-order valence-electron chi connectivity index (χ3n) is 7.58. The minimum atomic E-state index is -1.07. The third kappa shape index (κ3) is 4.88. The first-order chi connectivity index (χ1) is 17.5. The molecule has 2 aromatic rings. The Kier molecular flexibility index (Phi) is 7.34. The van der Waals surface area contributed by atoms with Crippen LogP contribution in [-0.4, -0.2) is 62.1 Å². The van der Waals surface area contributed by atoms with Crippen LogP contribution in [0.2, 0.25) is 0 Å². The summed E-state index contributed by atoms with van der Waals surface area (Å²) in [6, 6.07) is 14.9. The summed E-state index contributed by atoms with van der Waals surface area (Å²) in [5.74, 6) is -0.0201. The number of likely N-dealkylation sites (N-methyl/N-ethyl adjacent to an activating group) is 1. The van der Waals surface area contributed by atoms with Crippen molar-refractivity contribution in [3.05, 3.63) is 59.7 Å². The van der Waals surface area contributed by atoms with Crippen molar-refractivity contribution < 1.29 is 14.3 Å². The summed E-state index contributed by atoms with van der Waals surface area (Å²) in [7, 11) is 1.76. The van der Waals surface area contributed by atoms with E-state index in [0.29, 0.717) is 25.4 Å². The number of aliphatic imine (C=N–C) groups is 1. The molecule has 2 aromatic carbocycles. The van der Waals surface area contributed by atoms with Crippen molar-refractivity contribution in [3.8, 4) is 0 Å². The number of para-hydroxylation sites is 2. The third-order valence-corrected chi connectivity index (χ3v) is 7.58. The molecule has 0 spiro atoms. The van der Waals surface area contributed by atoms with Gasteiger partial charge in [-0.25, -0.2) is 4.79 Å². The zero-order chi connectivity index (χ0) is 25.1. The number of ether oxygens (including phenoxy) is 1. The van der Waals surface area contributed by atoms with Gasteiger partial charge in [0.05, 0.1) is 30.3 Å². The number of hydrogen-bond donors (Lipinski definition) is 1. The lowest BCUT2D eigenvalue weighted by atomic mass is 9.83. The van der Waals surface area contributed by atoms with Gasteiger partial charge in [-0.15, -0.1) is 0 Å². The lowest BCUT2D eigenvalue weighted by Crippen LogP contribution is -2.51. The Morgan fingerprint density at radius 1 is 1.06 bits per heavy atom. The highest BCUT2D eigenvalue weighted by Crippen LogP contribution is 2.35. The van der Waals surface area contributed by atoms with Gasteiger partial charge in [-0.05, 0) is 30.5 Å². The predicted octanol–water partition coefficient (Wildman–Crippen LogP) is 3.78. The number of nitrogens with two attached hydrogens (primary N) is 1. The van der Waals surface area contributed by atoms with Crippen LogP contribution >= 0.6 is 0 Å². The fraction of sp³-hybridized carbons (Fsp3) is 0.464. The molecular formula is C28H35N5O3. The Bertz CT molecular complexity index is 1140. The number of amides is 3. The standard InChI is InChI=1S/C28H35N5O3/c1-31-24-14-8-6-12-22(24)25(20-9-3-2-4-10-20)30-26(27(31)34)33(28(29)35)23-13-7-5-11-21(23)19-32-15-17-36-18-16-32/h5-8,11-14,20,26H,2-4,9-10,15-19H2,1H3,(H2,29,35)/t26-/m1/s1. The lowest BCUT2D eigenvalue weighted by Gasteiger charge is -2.32. The zero-order valence-electron chi connectivity index (χ0n) is 20.9. The van der Waals surface area contributed by atoms with Crippen molar-refractivity contribution in [2.45, 2.75) is 44.8 Å². The number of primary amides is 1. The second-order valence-corrected chi connectivity index (χ2v) is 9.86. The number of benzene rings is 2. The highest BCUT2D eigenvalue weighted by atomic mass is 16.5. The van der Waals surface area contributed by atoms with E-state index in [1.54, 1.807) is 11.9 Å². The number of morpholine rings is 1. The van der Waals surface area contributed by atoms with Crippen LogP contribution in [0.5, 0.6) is 0 Å². The summed E-state index contributed by atoms with van der Waals surface area (Å²) < 4.78 is 5.49. The van der Waals surface area contributed by atoms with Crippen LogP contribution in [0.3, 0.4) is 0 Å². The average molecular weight is 490 g/mol. The van der Waals surface area contributed by atoms with Gasteiger partial charge < -0.3 is 15.4 Å². The van der Waals surface area contributed by atoms with E-state index in [9.17, 15) is 9.59 Å². The maximum atomic E-state index is 13.9.